The van der Waals surface area contributed by atoms with Gasteiger partial charge in [0.1, 0.15) is 6.54 Å². The zero-order valence-electron chi connectivity index (χ0n) is 4.96. The fourth-order valence-corrected chi connectivity index (χ4v) is 1.30. The average Bonchev–Trinajstić information content (AvgIpc) is 2.17. The Balaban J connectivity index is 2.44. The van der Waals surface area contributed by atoms with Crippen LogP contribution < -0.4 is 0 Å². The molecule has 0 aliphatic carbocycles. The number of hydrogen-bond acceptors (Lipinski definition) is 3. The summed E-state index contributed by atoms with van der Waals surface area (Å²) in [6, 6.07) is 0. The highest BCUT2D eigenvalue weighted by Gasteiger charge is 2.13. The first kappa shape index (κ1) is 6.55. The molecule has 0 aromatic heterocycles. The quantitative estimate of drug-likeness (QED) is 0.541. The number of hydrogen-bond donors (Lipinski definition) is 0. The van der Waals surface area contributed by atoms with Crippen LogP contribution in [0.1, 0.15) is 6.42 Å². The molecule has 0 radical (unpaired) electrons. The Morgan fingerprint density at radius 1 is 1.89 bits per heavy atom. The predicted molar refractivity (Wildman–Crippen MR) is 39.7 cm³/mol. The number of aliphatic imine (C=N–C) groups is 1. The van der Waals surface area contributed by atoms with E-state index in [4.69, 9.17) is 0 Å². The van der Waals surface area contributed by atoms with E-state index in [2.05, 4.69) is 11.6 Å². The molecule has 0 aromatic carbocycles. The highest BCUT2D eigenvalue weighted by Crippen LogP contribution is 2.15. The summed E-state index contributed by atoms with van der Waals surface area (Å²) >= 11 is 1.23. The van der Waals surface area contributed by atoms with Gasteiger partial charge in [-0.3, -0.25) is 9.79 Å². The van der Waals surface area contributed by atoms with Crippen LogP contribution in [-0.2, 0) is 4.79 Å². The molecule has 48 valence electrons. The van der Waals surface area contributed by atoms with E-state index in [-0.39, 0.29) is 5.12 Å². The van der Waals surface area contributed by atoms with Crippen molar-refractivity contribution in [1.82, 2.24) is 0 Å². The van der Waals surface area contributed by atoms with Gasteiger partial charge in [0, 0.05) is 6.42 Å². The third-order valence-electron chi connectivity index (χ3n) is 0.935. The van der Waals surface area contributed by atoms with Crippen molar-refractivity contribution >= 4 is 21.9 Å². The maximum Gasteiger partial charge on any atom is 0.216 e. The largest absolute Gasteiger partial charge is 0.285 e. The maximum atomic E-state index is 10.5. The lowest BCUT2D eigenvalue weighted by Crippen LogP contribution is -1.87. The van der Waals surface area contributed by atoms with Gasteiger partial charge in [-0.2, -0.15) is 0 Å². The lowest BCUT2D eigenvalue weighted by molar-refractivity contribution is -0.109. The minimum atomic E-state index is 0.145. The molecule has 2 nitrogen and oxygen atoms in total. The fourth-order valence-electron chi connectivity index (χ4n) is 0.578. The summed E-state index contributed by atoms with van der Waals surface area (Å²) in [5.41, 5.74) is 0. The topological polar surface area (TPSA) is 29.4 Å². The Hall–Kier alpha value is -0.570. The van der Waals surface area contributed by atoms with Crippen LogP contribution in [-0.4, -0.2) is 16.7 Å². The molecule has 0 atom stereocenters. The Morgan fingerprint density at radius 3 is 3.11 bits per heavy atom. The Bertz CT molecular complexity index is 174. The Labute approximate surface area is 58.0 Å². The van der Waals surface area contributed by atoms with E-state index < -0.39 is 0 Å². The van der Waals surface area contributed by atoms with E-state index in [1.54, 1.807) is 6.08 Å². The van der Waals surface area contributed by atoms with Gasteiger partial charge >= 0.3 is 0 Å². The van der Waals surface area contributed by atoms with Crippen LogP contribution in [0.4, 0.5) is 0 Å². The molecule has 0 aromatic rings. The summed E-state index contributed by atoms with van der Waals surface area (Å²) in [6.07, 6.45) is 2.49. The molecule has 0 saturated heterocycles. The van der Waals surface area contributed by atoms with Gasteiger partial charge in [-0.15, -0.1) is 6.58 Å². The first-order valence-electron chi connectivity index (χ1n) is 2.68. The molecule has 0 fully saturated rings. The zero-order valence-corrected chi connectivity index (χ0v) is 5.78. The number of rotatable bonds is 2. The lowest BCUT2D eigenvalue weighted by Gasteiger charge is -1.86. The average molecular weight is 141 g/mol. The van der Waals surface area contributed by atoms with E-state index >= 15 is 0 Å². The summed E-state index contributed by atoms with van der Waals surface area (Å²) < 4.78 is 0. The molecule has 0 bridgehead atoms. The first-order valence-corrected chi connectivity index (χ1v) is 3.49. The highest BCUT2D eigenvalue weighted by molar-refractivity contribution is 8.26. The second kappa shape index (κ2) is 2.82. The van der Waals surface area contributed by atoms with Crippen molar-refractivity contribution in [3.8, 4) is 0 Å². The third-order valence-corrected chi connectivity index (χ3v) is 1.82. The summed E-state index contributed by atoms with van der Waals surface area (Å²) in [7, 11) is 0. The van der Waals surface area contributed by atoms with Crippen LogP contribution >= 0.6 is 11.8 Å². The smallest absolute Gasteiger partial charge is 0.216 e. The van der Waals surface area contributed by atoms with Gasteiger partial charge in [0.2, 0.25) is 5.12 Å². The zero-order chi connectivity index (χ0) is 6.69. The van der Waals surface area contributed by atoms with E-state index in [1.165, 1.54) is 11.8 Å². The van der Waals surface area contributed by atoms with Gasteiger partial charge in [-0.25, -0.2) is 0 Å². The molecule has 0 unspecified atom stereocenters. The normalized spacial score (nSPS) is 17.8. The van der Waals surface area contributed by atoms with E-state index in [1.807, 2.05) is 0 Å². The van der Waals surface area contributed by atoms with Crippen molar-refractivity contribution in [3.05, 3.63) is 12.7 Å². The van der Waals surface area contributed by atoms with Crippen LogP contribution in [0.15, 0.2) is 17.6 Å². The Kier molecular flexibility index (Phi) is 2.05. The summed E-state index contributed by atoms with van der Waals surface area (Å²) in [4.78, 5) is 14.5. The van der Waals surface area contributed by atoms with Crippen molar-refractivity contribution in [3.63, 3.8) is 0 Å². The molecule has 1 heterocycles. The monoisotopic (exact) mass is 141 g/mol. The van der Waals surface area contributed by atoms with E-state index in [0.29, 0.717) is 6.54 Å². The van der Waals surface area contributed by atoms with Crippen molar-refractivity contribution in [2.45, 2.75) is 6.42 Å². The predicted octanol–water partition coefficient (Wildman–Crippen LogP) is 1.23. The number of carbonyl (C=O) groups excluding carboxylic acids is 1. The van der Waals surface area contributed by atoms with Gasteiger partial charge in [0.25, 0.3) is 0 Å². The summed E-state index contributed by atoms with van der Waals surface area (Å²) in [5.74, 6) is 0. The molecule has 0 spiro atoms. The second-order valence-electron chi connectivity index (χ2n) is 1.68. The first-order chi connectivity index (χ1) is 4.33. The third kappa shape index (κ3) is 1.68. The minimum Gasteiger partial charge on any atom is -0.285 e. The molecular weight excluding hydrogens is 134 g/mol. The minimum absolute atomic E-state index is 0.145. The number of carbonyl (C=O) groups is 1. The van der Waals surface area contributed by atoms with Crippen LogP contribution in [0.5, 0.6) is 0 Å². The maximum absolute atomic E-state index is 10.5. The van der Waals surface area contributed by atoms with Crippen LogP contribution in [0.2, 0.25) is 0 Å². The van der Waals surface area contributed by atoms with E-state index in [9.17, 15) is 4.79 Å². The number of nitrogens with zero attached hydrogens (tertiary/aromatic N) is 1. The highest BCUT2D eigenvalue weighted by atomic mass is 32.2. The summed E-state index contributed by atoms with van der Waals surface area (Å²) in [5, 5.41) is 1.04. The van der Waals surface area contributed by atoms with Gasteiger partial charge in [0.15, 0.2) is 0 Å². The lowest BCUT2D eigenvalue weighted by atomic mass is 10.5. The van der Waals surface area contributed by atoms with Crippen LogP contribution in [0.3, 0.4) is 0 Å². The molecule has 1 aliphatic heterocycles. The molecule has 9 heavy (non-hydrogen) atoms. The van der Waals surface area contributed by atoms with Crippen molar-refractivity contribution in [2.75, 3.05) is 6.54 Å². The molecule has 1 aliphatic rings. The van der Waals surface area contributed by atoms with Crippen molar-refractivity contribution in [2.24, 2.45) is 4.99 Å². The van der Waals surface area contributed by atoms with Crippen molar-refractivity contribution in [1.29, 1.82) is 0 Å². The van der Waals surface area contributed by atoms with Crippen LogP contribution in [0, 0.1) is 0 Å². The molecule has 1 rings (SSSR count). The molecule has 3 heteroatoms. The van der Waals surface area contributed by atoms with Gasteiger partial charge < -0.3 is 0 Å². The van der Waals surface area contributed by atoms with E-state index in [0.717, 1.165) is 11.5 Å². The van der Waals surface area contributed by atoms with Gasteiger partial charge in [0.05, 0.1) is 5.04 Å². The molecule has 0 amide bonds. The summed E-state index contributed by atoms with van der Waals surface area (Å²) in [6.45, 7) is 3.90. The van der Waals surface area contributed by atoms with Crippen molar-refractivity contribution < 1.29 is 4.79 Å². The molecule has 0 N–H and O–H groups in total. The van der Waals surface area contributed by atoms with Gasteiger partial charge in [-0.05, 0) is 11.8 Å². The number of thioether (sulfide) groups is 1. The SMILES string of the molecule is C=CCC1=NCC(=O)S1. The van der Waals surface area contributed by atoms with Gasteiger partial charge in [-0.1, -0.05) is 6.08 Å². The standard InChI is InChI=1S/C6H7NOS/c1-2-3-5-7-4-6(8)9-5/h2H,1,3-4H2. The molecular formula is C6H7NOS. The fraction of sp³-hybridized carbons (Fsp3) is 0.333. The molecule has 0 saturated carbocycles. The second-order valence-corrected chi connectivity index (χ2v) is 2.81. The Morgan fingerprint density at radius 2 is 2.67 bits per heavy atom. The van der Waals surface area contributed by atoms with Crippen LogP contribution in [0.25, 0.3) is 0 Å². The number of allylic oxidation sites excluding steroid dienone is 1.